The lowest BCUT2D eigenvalue weighted by Gasteiger charge is -2.17. The van der Waals surface area contributed by atoms with Crippen molar-refractivity contribution in [1.29, 1.82) is 0 Å². The van der Waals surface area contributed by atoms with Gasteiger partial charge in [0.05, 0.1) is 24.0 Å². The standard InChI is InChI=1S/C20H23FN4O/c1-3-24(4-2)9-10-25-14-17(13-22-25)23-20(26)19-12-16(21)11-15-7-5-6-8-18(15)19/h5-8,11-14H,3-4,9-10H2,1-2H3,(H,23,26). The Bertz CT molecular complexity index is 902. The van der Waals surface area contributed by atoms with E-state index in [2.05, 4.69) is 29.2 Å². The van der Waals surface area contributed by atoms with Gasteiger partial charge in [-0.05, 0) is 36.0 Å². The van der Waals surface area contributed by atoms with E-state index in [-0.39, 0.29) is 5.91 Å². The Morgan fingerprint density at radius 3 is 2.77 bits per heavy atom. The first-order valence-electron chi connectivity index (χ1n) is 8.85. The van der Waals surface area contributed by atoms with E-state index in [0.717, 1.165) is 31.6 Å². The SMILES string of the molecule is CCN(CC)CCn1cc(NC(=O)c2cc(F)cc3ccccc23)cn1. The summed E-state index contributed by atoms with van der Waals surface area (Å²) in [5.41, 5.74) is 0.916. The average Bonchev–Trinajstić information content (AvgIpc) is 3.09. The fourth-order valence-electron chi connectivity index (χ4n) is 2.99. The summed E-state index contributed by atoms with van der Waals surface area (Å²) in [4.78, 5) is 14.9. The number of nitrogens with one attached hydrogen (secondary N) is 1. The van der Waals surface area contributed by atoms with Gasteiger partial charge in [0, 0.05) is 12.7 Å². The average molecular weight is 354 g/mol. The molecule has 0 saturated carbocycles. The van der Waals surface area contributed by atoms with Gasteiger partial charge in [-0.15, -0.1) is 0 Å². The lowest BCUT2D eigenvalue weighted by molar-refractivity contribution is 0.102. The minimum Gasteiger partial charge on any atom is -0.319 e. The van der Waals surface area contributed by atoms with Crippen LogP contribution in [-0.4, -0.2) is 40.2 Å². The van der Waals surface area contributed by atoms with Gasteiger partial charge in [0.15, 0.2) is 0 Å². The number of halogens is 1. The molecule has 136 valence electrons. The normalized spacial score (nSPS) is 11.2. The van der Waals surface area contributed by atoms with Crippen LogP contribution in [0.15, 0.2) is 48.8 Å². The third kappa shape index (κ3) is 4.08. The monoisotopic (exact) mass is 354 g/mol. The number of hydrogen-bond donors (Lipinski definition) is 1. The number of benzene rings is 2. The van der Waals surface area contributed by atoms with Crippen molar-refractivity contribution in [1.82, 2.24) is 14.7 Å². The molecule has 5 nitrogen and oxygen atoms in total. The van der Waals surface area contributed by atoms with E-state index in [1.807, 2.05) is 18.2 Å². The van der Waals surface area contributed by atoms with E-state index in [0.29, 0.717) is 16.6 Å². The maximum absolute atomic E-state index is 13.8. The molecule has 26 heavy (non-hydrogen) atoms. The third-order valence-electron chi connectivity index (χ3n) is 4.50. The zero-order valence-electron chi connectivity index (χ0n) is 15.1. The molecule has 3 aromatic rings. The van der Waals surface area contributed by atoms with E-state index in [9.17, 15) is 9.18 Å². The number of amides is 1. The predicted molar refractivity (Wildman–Crippen MR) is 102 cm³/mol. The van der Waals surface area contributed by atoms with Gasteiger partial charge in [-0.25, -0.2) is 4.39 Å². The highest BCUT2D eigenvalue weighted by Gasteiger charge is 2.13. The molecule has 0 spiro atoms. The van der Waals surface area contributed by atoms with Crippen LogP contribution in [0.5, 0.6) is 0 Å². The van der Waals surface area contributed by atoms with E-state index < -0.39 is 5.82 Å². The van der Waals surface area contributed by atoms with Crippen LogP contribution in [0.2, 0.25) is 0 Å². The van der Waals surface area contributed by atoms with Gasteiger partial charge >= 0.3 is 0 Å². The van der Waals surface area contributed by atoms with Crippen LogP contribution in [0.1, 0.15) is 24.2 Å². The van der Waals surface area contributed by atoms with E-state index in [1.165, 1.54) is 12.1 Å². The van der Waals surface area contributed by atoms with Crippen LogP contribution in [0.3, 0.4) is 0 Å². The molecule has 0 unspecified atom stereocenters. The van der Waals surface area contributed by atoms with Crippen molar-refractivity contribution in [3.05, 3.63) is 60.2 Å². The Morgan fingerprint density at radius 1 is 1.23 bits per heavy atom. The van der Waals surface area contributed by atoms with Gasteiger partial charge in [-0.2, -0.15) is 5.10 Å². The summed E-state index contributed by atoms with van der Waals surface area (Å²) in [6, 6.07) is 9.96. The highest BCUT2D eigenvalue weighted by atomic mass is 19.1. The fraction of sp³-hybridized carbons (Fsp3) is 0.300. The number of hydrogen-bond acceptors (Lipinski definition) is 3. The summed E-state index contributed by atoms with van der Waals surface area (Å²) in [6.45, 7) is 7.89. The topological polar surface area (TPSA) is 50.2 Å². The number of fused-ring (bicyclic) bond motifs is 1. The Kier molecular flexibility index (Phi) is 5.63. The molecule has 1 heterocycles. The van der Waals surface area contributed by atoms with Gasteiger partial charge in [-0.3, -0.25) is 9.48 Å². The molecule has 0 atom stereocenters. The summed E-state index contributed by atoms with van der Waals surface area (Å²) in [6.07, 6.45) is 3.41. The predicted octanol–water partition coefficient (Wildman–Crippen LogP) is 3.77. The van der Waals surface area contributed by atoms with Crippen LogP contribution in [0.4, 0.5) is 10.1 Å². The fourth-order valence-corrected chi connectivity index (χ4v) is 2.99. The zero-order chi connectivity index (χ0) is 18.5. The molecule has 0 aliphatic carbocycles. The first-order chi connectivity index (χ1) is 12.6. The minimum absolute atomic E-state index is 0.316. The van der Waals surface area contributed by atoms with Gasteiger partial charge in [-0.1, -0.05) is 38.1 Å². The van der Waals surface area contributed by atoms with Crippen molar-refractivity contribution >= 4 is 22.4 Å². The molecule has 3 rings (SSSR count). The second-order valence-electron chi connectivity index (χ2n) is 6.15. The van der Waals surface area contributed by atoms with Gasteiger partial charge in [0.2, 0.25) is 0 Å². The largest absolute Gasteiger partial charge is 0.319 e. The molecule has 0 aliphatic heterocycles. The Balaban J connectivity index is 1.73. The van der Waals surface area contributed by atoms with Crippen molar-refractivity contribution in [3.8, 4) is 0 Å². The molecule has 0 fully saturated rings. The summed E-state index contributed by atoms with van der Waals surface area (Å²) in [5, 5.41) is 8.52. The Labute approximate surface area is 152 Å². The maximum Gasteiger partial charge on any atom is 0.256 e. The molecule has 6 heteroatoms. The van der Waals surface area contributed by atoms with Crippen molar-refractivity contribution in [3.63, 3.8) is 0 Å². The Hall–Kier alpha value is -2.73. The summed E-state index contributed by atoms with van der Waals surface area (Å²) >= 11 is 0. The highest BCUT2D eigenvalue weighted by molar-refractivity contribution is 6.12. The van der Waals surface area contributed by atoms with Crippen molar-refractivity contribution in [2.75, 3.05) is 25.0 Å². The summed E-state index contributed by atoms with van der Waals surface area (Å²) in [5.74, 6) is -0.771. The van der Waals surface area contributed by atoms with Gasteiger partial charge in [0.1, 0.15) is 5.82 Å². The molecule has 1 aromatic heterocycles. The zero-order valence-corrected chi connectivity index (χ0v) is 15.1. The lowest BCUT2D eigenvalue weighted by atomic mass is 10.0. The van der Waals surface area contributed by atoms with Crippen molar-refractivity contribution in [2.45, 2.75) is 20.4 Å². The second kappa shape index (κ2) is 8.10. The first-order valence-corrected chi connectivity index (χ1v) is 8.85. The molecule has 0 aliphatic rings. The number of carbonyl (C=O) groups is 1. The third-order valence-corrected chi connectivity index (χ3v) is 4.50. The van der Waals surface area contributed by atoms with Crippen molar-refractivity contribution < 1.29 is 9.18 Å². The number of carbonyl (C=O) groups excluding carboxylic acids is 1. The summed E-state index contributed by atoms with van der Waals surface area (Å²) in [7, 11) is 0. The molecular formula is C20H23FN4O. The van der Waals surface area contributed by atoms with Crippen LogP contribution >= 0.6 is 0 Å². The van der Waals surface area contributed by atoms with Gasteiger partial charge < -0.3 is 10.2 Å². The maximum atomic E-state index is 13.8. The Morgan fingerprint density at radius 2 is 2.00 bits per heavy atom. The lowest BCUT2D eigenvalue weighted by Crippen LogP contribution is -2.27. The quantitative estimate of drug-likeness (QED) is 0.703. The van der Waals surface area contributed by atoms with Crippen LogP contribution in [-0.2, 0) is 6.54 Å². The number of rotatable bonds is 7. The second-order valence-corrected chi connectivity index (χ2v) is 6.15. The van der Waals surface area contributed by atoms with Crippen LogP contribution in [0.25, 0.3) is 10.8 Å². The number of nitrogens with zero attached hydrogens (tertiary/aromatic N) is 3. The number of aromatic nitrogens is 2. The smallest absolute Gasteiger partial charge is 0.256 e. The number of likely N-dealkylation sites (N-methyl/N-ethyl adjacent to an activating group) is 1. The molecule has 0 radical (unpaired) electrons. The highest BCUT2D eigenvalue weighted by Crippen LogP contribution is 2.21. The van der Waals surface area contributed by atoms with Crippen molar-refractivity contribution in [2.24, 2.45) is 0 Å². The molecule has 2 aromatic carbocycles. The van der Waals surface area contributed by atoms with E-state index >= 15 is 0 Å². The van der Waals surface area contributed by atoms with Crippen LogP contribution < -0.4 is 5.32 Å². The molecule has 0 saturated heterocycles. The molecule has 1 amide bonds. The van der Waals surface area contributed by atoms with Gasteiger partial charge in [0.25, 0.3) is 5.91 Å². The molecule has 0 bridgehead atoms. The van der Waals surface area contributed by atoms with E-state index in [1.54, 1.807) is 23.1 Å². The first kappa shape index (κ1) is 18.1. The van der Waals surface area contributed by atoms with E-state index in [4.69, 9.17) is 0 Å². The minimum atomic E-state index is -0.427. The summed E-state index contributed by atoms with van der Waals surface area (Å²) < 4.78 is 15.6. The number of anilines is 1. The van der Waals surface area contributed by atoms with Crippen LogP contribution in [0, 0.1) is 5.82 Å². The molecule has 1 N–H and O–H groups in total. The molecular weight excluding hydrogens is 331 g/mol.